The second kappa shape index (κ2) is 35.1. The lowest BCUT2D eigenvalue weighted by Crippen LogP contribution is -2.44. The van der Waals surface area contributed by atoms with E-state index in [1.165, 1.54) is 70.6 Å². The molecule has 0 heterocycles. The largest absolute Gasteiger partial charge is 0.494 e. The number of benzene rings is 3. The van der Waals surface area contributed by atoms with Gasteiger partial charge in [-0.3, -0.25) is 4.79 Å². The number of carbonyl (C=O) groups is 4. The van der Waals surface area contributed by atoms with Crippen molar-refractivity contribution in [1.82, 2.24) is 0 Å². The van der Waals surface area contributed by atoms with Crippen molar-refractivity contribution >= 4 is 23.9 Å². The van der Waals surface area contributed by atoms with E-state index in [-0.39, 0.29) is 29.7 Å². The Balaban J connectivity index is 1.74. The minimum Gasteiger partial charge on any atom is -0.494 e. The van der Waals surface area contributed by atoms with Crippen molar-refractivity contribution in [2.75, 3.05) is 46.2 Å². The third kappa shape index (κ3) is 24.5. The van der Waals surface area contributed by atoms with E-state index in [0.29, 0.717) is 43.5 Å². The van der Waals surface area contributed by atoms with Gasteiger partial charge < -0.3 is 33.2 Å². The lowest BCUT2D eigenvalue weighted by Gasteiger charge is -2.31. The lowest BCUT2D eigenvalue weighted by molar-refractivity contribution is -0.151. The van der Waals surface area contributed by atoms with Crippen LogP contribution in [0.4, 0.5) is 0 Å². The number of hydrogen-bond donors (Lipinski definition) is 0. The molecule has 0 spiro atoms. The summed E-state index contributed by atoms with van der Waals surface area (Å²) in [5.74, 6) is -0.929. The fourth-order valence-corrected chi connectivity index (χ4v) is 7.24. The highest BCUT2D eigenvalue weighted by molar-refractivity contribution is 5.91. The Hall–Kier alpha value is -5.06. The molecule has 0 atom stereocenters. The monoisotopic (exact) mass is 931 g/mol. The Morgan fingerprint density at radius 3 is 1.00 bits per heavy atom. The number of rotatable bonds is 39. The van der Waals surface area contributed by atoms with Crippen LogP contribution in [-0.4, -0.2) is 70.1 Å². The highest BCUT2D eigenvalue weighted by atomic mass is 16.6. The molecule has 0 amide bonds. The van der Waals surface area contributed by atoms with Gasteiger partial charge in [0.15, 0.2) is 0 Å². The Labute approximate surface area is 402 Å². The molecule has 0 N–H and O–H groups in total. The van der Waals surface area contributed by atoms with Gasteiger partial charge in [-0.1, -0.05) is 155 Å². The van der Waals surface area contributed by atoms with Gasteiger partial charge in [-0.25, -0.2) is 14.4 Å². The maximum absolute atomic E-state index is 13.7. The van der Waals surface area contributed by atoms with Crippen molar-refractivity contribution in [2.24, 2.45) is 5.41 Å². The van der Waals surface area contributed by atoms with Gasteiger partial charge in [0.05, 0.1) is 36.5 Å². The van der Waals surface area contributed by atoms with Gasteiger partial charge in [0, 0.05) is 6.42 Å². The summed E-state index contributed by atoms with van der Waals surface area (Å²) >= 11 is 0. The zero-order valence-electron chi connectivity index (χ0n) is 41.4. The second-order valence-electron chi connectivity index (χ2n) is 17.8. The van der Waals surface area contributed by atoms with Crippen LogP contribution >= 0.6 is 0 Å². The number of esters is 4. The molecule has 0 aliphatic heterocycles. The van der Waals surface area contributed by atoms with Crippen LogP contribution in [0.15, 0.2) is 72.8 Å². The average molecular weight is 931 g/mol. The maximum atomic E-state index is 13.7. The topological polar surface area (TPSA) is 133 Å². The van der Waals surface area contributed by atoms with Crippen LogP contribution in [0, 0.1) is 5.41 Å². The van der Waals surface area contributed by atoms with E-state index in [1.54, 1.807) is 72.8 Å². The third-order valence-electron chi connectivity index (χ3n) is 11.6. The number of carbonyl (C=O) groups excluding carboxylic acids is 4. The van der Waals surface area contributed by atoms with Crippen LogP contribution in [0.25, 0.3) is 0 Å². The van der Waals surface area contributed by atoms with E-state index in [0.717, 1.165) is 57.8 Å². The van der Waals surface area contributed by atoms with E-state index in [4.69, 9.17) is 33.2 Å². The molecule has 0 aliphatic carbocycles. The molecular formula is C56H82O11. The Morgan fingerprint density at radius 1 is 0.373 bits per heavy atom. The van der Waals surface area contributed by atoms with Crippen LogP contribution in [0.1, 0.15) is 200 Å². The predicted molar refractivity (Wildman–Crippen MR) is 264 cm³/mol. The van der Waals surface area contributed by atoms with Crippen molar-refractivity contribution in [2.45, 2.75) is 169 Å². The minimum atomic E-state index is -1.49. The van der Waals surface area contributed by atoms with Gasteiger partial charge in [-0.2, -0.15) is 0 Å². The molecule has 3 aromatic rings. The van der Waals surface area contributed by atoms with Crippen LogP contribution < -0.4 is 14.2 Å². The standard InChI is InChI=1S/C56H82O11/c1-5-9-13-14-15-16-17-18-19-20-21-22-23-24-25-35-52(57)64-42-56(43-65-53(58)46-29-26-32-49(39-46)61-36-10-6-2,44-66-54(59)47-30-27-33-50(40-47)62-37-11-7-3)45-67-55(60)48-31-28-34-51(41-48)63-38-12-8-4/h26-34,39-41H,5-25,35-38,42-45H2,1-4H3. The first-order valence-corrected chi connectivity index (χ1v) is 25.6. The molecule has 67 heavy (non-hydrogen) atoms. The molecule has 0 unspecified atom stereocenters. The normalized spacial score (nSPS) is 11.2. The molecule has 0 fully saturated rings. The van der Waals surface area contributed by atoms with Gasteiger partial charge in [0.2, 0.25) is 0 Å². The van der Waals surface area contributed by atoms with Crippen LogP contribution in [0.3, 0.4) is 0 Å². The Morgan fingerprint density at radius 2 is 0.672 bits per heavy atom. The Kier molecular flexibility index (Phi) is 29.5. The zero-order valence-corrected chi connectivity index (χ0v) is 41.4. The molecule has 0 bridgehead atoms. The van der Waals surface area contributed by atoms with Crippen LogP contribution in [0.5, 0.6) is 17.2 Å². The van der Waals surface area contributed by atoms with Gasteiger partial charge in [0.1, 0.15) is 49.1 Å². The SMILES string of the molecule is CCCCCCCCCCCCCCCCCC(=O)OCC(COC(=O)c1cccc(OCCCC)c1)(COC(=O)c1cccc(OCCCC)c1)COC(=O)c1cccc(OCCCC)c1. The first-order chi connectivity index (χ1) is 32.7. The van der Waals surface area contributed by atoms with Crippen molar-refractivity contribution in [3.63, 3.8) is 0 Å². The van der Waals surface area contributed by atoms with Crippen LogP contribution in [0.2, 0.25) is 0 Å². The minimum absolute atomic E-state index is 0.189. The Bertz CT molecular complexity index is 1660. The number of hydrogen-bond acceptors (Lipinski definition) is 11. The highest BCUT2D eigenvalue weighted by Gasteiger charge is 2.38. The molecule has 11 nitrogen and oxygen atoms in total. The molecule has 0 aliphatic rings. The van der Waals surface area contributed by atoms with Crippen molar-refractivity contribution in [3.8, 4) is 17.2 Å². The van der Waals surface area contributed by atoms with Gasteiger partial charge >= 0.3 is 23.9 Å². The van der Waals surface area contributed by atoms with Gasteiger partial charge in [0.25, 0.3) is 0 Å². The predicted octanol–water partition coefficient (Wildman–Crippen LogP) is 13.9. The molecule has 3 rings (SSSR count). The fraction of sp³-hybridized carbons (Fsp3) is 0.607. The zero-order chi connectivity index (χ0) is 48.2. The van der Waals surface area contributed by atoms with Gasteiger partial charge in [-0.15, -0.1) is 0 Å². The lowest BCUT2D eigenvalue weighted by atomic mass is 9.92. The summed E-state index contributed by atoms with van der Waals surface area (Å²) < 4.78 is 41.1. The summed E-state index contributed by atoms with van der Waals surface area (Å²) in [6, 6.07) is 20.0. The molecule has 0 radical (unpaired) electrons. The summed E-state index contributed by atoms with van der Waals surface area (Å²) in [6.07, 6.45) is 23.8. The molecule has 372 valence electrons. The maximum Gasteiger partial charge on any atom is 0.338 e. The second-order valence-corrected chi connectivity index (χ2v) is 17.8. The number of unbranched alkanes of at least 4 members (excludes halogenated alkanes) is 17. The molecule has 11 heteroatoms. The van der Waals surface area contributed by atoms with E-state index >= 15 is 0 Å². The first-order valence-electron chi connectivity index (χ1n) is 25.6. The summed E-state index contributed by atoms with van der Waals surface area (Å²) in [7, 11) is 0. The van der Waals surface area contributed by atoms with Crippen molar-refractivity contribution < 1.29 is 52.3 Å². The van der Waals surface area contributed by atoms with E-state index in [9.17, 15) is 19.2 Å². The number of ether oxygens (including phenoxy) is 7. The van der Waals surface area contributed by atoms with E-state index < -0.39 is 49.1 Å². The van der Waals surface area contributed by atoms with E-state index in [2.05, 4.69) is 27.7 Å². The quantitative estimate of drug-likeness (QED) is 0.0307. The van der Waals surface area contributed by atoms with E-state index in [1.807, 2.05) is 0 Å². The highest BCUT2D eigenvalue weighted by Crippen LogP contribution is 2.26. The summed E-state index contributed by atoms with van der Waals surface area (Å²) in [5.41, 5.74) is -0.781. The molecule has 0 saturated heterocycles. The average Bonchev–Trinajstić information content (AvgIpc) is 3.35. The fourth-order valence-electron chi connectivity index (χ4n) is 7.24. The van der Waals surface area contributed by atoms with Gasteiger partial charge in [-0.05, 0) is 80.3 Å². The molecule has 3 aromatic carbocycles. The summed E-state index contributed by atoms with van der Waals surface area (Å²) in [5, 5.41) is 0. The smallest absolute Gasteiger partial charge is 0.338 e. The summed E-state index contributed by atoms with van der Waals surface area (Å²) in [4.78, 5) is 54.3. The molecule has 0 saturated carbocycles. The summed E-state index contributed by atoms with van der Waals surface area (Å²) in [6.45, 7) is 8.34. The molecule has 0 aromatic heterocycles. The molecular weight excluding hydrogens is 849 g/mol. The van der Waals surface area contributed by atoms with Crippen LogP contribution in [-0.2, 0) is 23.7 Å². The van der Waals surface area contributed by atoms with Crippen molar-refractivity contribution in [3.05, 3.63) is 89.5 Å². The van der Waals surface area contributed by atoms with Crippen molar-refractivity contribution in [1.29, 1.82) is 0 Å². The first kappa shape index (κ1) is 56.3. The third-order valence-corrected chi connectivity index (χ3v) is 11.6.